The third kappa shape index (κ3) is 2.81. The summed E-state index contributed by atoms with van der Waals surface area (Å²) in [6.07, 6.45) is 5.99. The lowest BCUT2D eigenvalue weighted by atomic mass is 9.92. The molecule has 4 rings (SSSR count). The molecule has 5 heteroatoms. The van der Waals surface area contributed by atoms with Crippen LogP contribution in [0.1, 0.15) is 62.6 Å². The van der Waals surface area contributed by atoms with E-state index in [9.17, 15) is 0 Å². The van der Waals surface area contributed by atoms with Gasteiger partial charge in [0.15, 0.2) is 0 Å². The van der Waals surface area contributed by atoms with Gasteiger partial charge in [0.05, 0.1) is 30.6 Å². The second-order valence-corrected chi connectivity index (χ2v) is 7.52. The summed E-state index contributed by atoms with van der Waals surface area (Å²) in [5.74, 6) is 1.87. The highest BCUT2D eigenvalue weighted by Gasteiger charge is 2.27. The van der Waals surface area contributed by atoms with Crippen LogP contribution in [0.25, 0.3) is 10.9 Å². The summed E-state index contributed by atoms with van der Waals surface area (Å²) in [6, 6.07) is 7.08. The van der Waals surface area contributed by atoms with Crippen LogP contribution in [-0.2, 0) is 7.05 Å². The van der Waals surface area contributed by atoms with Gasteiger partial charge in [-0.2, -0.15) is 10.2 Å². The van der Waals surface area contributed by atoms with Crippen molar-refractivity contribution in [2.75, 3.05) is 6.61 Å². The Bertz CT molecular complexity index is 892. The van der Waals surface area contributed by atoms with Crippen molar-refractivity contribution in [2.24, 2.45) is 7.05 Å². The van der Waals surface area contributed by atoms with Gasteiger partial charge in [-0.05, 0) is 29.9 Å². The molecule has 0 N–H and O–H groups in total. The van der Waals surface area contributed by atoms with Crippen molar-refractivity contribution in [3.63, 3.8) is 0 Å². The van der Waals surface area contributed by atoms with Gasteiger partial charge in [-0.25, -0.2) is 4.68 Å². The van der Waals surface area contributed by atoms with Gasteiger partial charge >= 0.3 is 0 Å². The topological polar surface area (TPSA) is 44.9 Å². The van der Waals surface area contributed by atoms with Crippen LogP contribution in [-0.4, -0.2) is 26.2 Å². The lowest BCUT2D eigenvalue weighted by molar-refractivity contribution is 0.180. The second-order valence-electron chi connectivity index (χ2n) is 7.52. The number of hydrogen-bond acceptors (Lipinski definition) is 3. The zero-order valence-corrected chi connectivity index (χ0v) is 15.4. The van der Waals surface area contributed by atoms with Gasteiger partial charge in [0.25, 0.3) is 0 Å². The minimum Gasteiger partial charge on any atom is -0.478 e. The lowest BCUT2D eigenvalue weighted by Gasteiger charge is -2.28. The van der Waals surface area contributed by atoms with Gasteiger partial charge in [0.1, 0.15) is 0 Å². The Morgan fingerprint density at radius 1 is 1.20 bits per heavy atom. The van der Waals surface area contributed by atoms with E-state index in [0.29, 0.717) is 17.9 Å². The maximum atomic E-state index is 5.93. The number of benzene rings is 1. The van der Waals surface area contributed by atoms with E-state index in [1.165, 1.54) is 22.0 Å². The molecule has 0 saturated carbocycles. The van der Waals surface area contributed by atoms with Crippen LogP contribution < -0.4 is 4.74 Å². The van der Waals surface area contributed by atoms with Crippen LogP contribution in [0.3, 0.4) is 0 Å². The van der Waals surface area contributed by atoms with Crippen LogP contribution in [0.4, 0.5) is 0 Å². The van der Waals surface area contributed by atoms with E-state index in [2.05, 4.69) is 53.8 Å². The summed E-state index contributed by atoms with van der Waals surface area (Å²) in [6.45, 7) is 7.47. The molecule has 2 atom stereocenters. The Hall–Kier alpha value is -2.30. The maximum absolute atomic E-state index is 5.93. The molecule has 0 bridgehead atoms. The third-order valence-corrected chi connectivity index (χ3v) is 5.40. The first-order valence-corrected chi connectivity index (χ1v) is 9.16. The summed E-state index contributed by atoms with van der Waals surface area (Å²) in [7, 11) is 2.00. The molecule has 0 amide bonds. The van der Waals surface area contributed by atoms with E-state index in [1.807, 2.05) is 24.1 Å². The fraction of sp³-hybridized carbons (Fsp3) is 0.500. The average molecular weight is 338 g/mol. The molecular weight excluding hydrogens is 312 g/mol. The minimum absolute atomic E-state index is 0.397. The molecule has 0 spiro atoms. The molecular formula is C20H26N4O. The van der Waals surface area contributed by atoms with Gasteiger partial charge in [-0.15, -0.1) is 0 Å². The Kier molecular flexibility index (Phi) is 4.02. The molecule has 1 aliphatic heterocycles. The van der Waals surface area contributed by atoms with Gasteiger partial charge < -0.3 is 4.74 Å². The minimum atomic E-state index is 0.397. The molecule has 0 fully saturated rings. The van der Waals surface area contributed by atoms with Gasteiger partial charge in [0, 0.05) is 24.4 Å². The summed E-state index contributed by atoms with van der Waals surface area (Å²) >= 11 is 0. The third-order valence-electron chi connectivity index (χ3n) is 5.40. The Labute approximate surface area is 148 Å². The highest BCUT2D eigenvalue weighted by molar-refractivity contribution is 5.79. The quantitative estimate of drug-likeness (QED) is 0.708. The van der Waals surface area contributed by atoms with Crippen molar-refractivity contribution >= 4 is 10.9 Å². The number of fused-ring (bicyclic) bond motifs is 2. The predicted molar refractivity (Wildman–Crippen MR) is 99.2 cm³/mol. The van der Waals surface area contributed by atoms with Crippen molar-refractivity contribution in [2.45, 2.75) is 51.5 Å². The molecule has 0 aliphatic carbocycles. The number of nitrogens with zero attached hydrogens (tertiary/aromatic N) is 4. The normalized spacial score (nSPS) is 18.4. The predicted octanol–water partition coefficient (Wildman–Crippen LogP) is 4.41. The van der Waals surface area contributed by atoms with Crippen LogP contribution in [0.2, 0.25) is 0 Å². The SMILES string of the molecule is CC(C)c1cnn2c1OCCC2CC(C)c1ccc2cnn(C)c2c1. The molecule has 3 aromatic rings. The fourth-order valence-corrected chi connectivity index (χ4v) is 3.81. The summed E-state index contributed by atoms with van der Waals surface area (Å²) in [5, 5.41) is 10.2. The van der Waals surface area contributed by atoms with Gasteiger partial charge in [0.2, 0.25) is 5.88 Å². The first-order valence-electron chi connectivity index (χ1n) is 9.16. The van der Waals surface area contributed by atoms with Crippen molar-refractivity contribution in [3.8, 4) is 5.88 Å². The number of aromatic nitrogens is 4. The Morgan fingerprint density at radius 3 is 2.84 bits per heavy atom. The lowest BCUT2D eigenvalue weighted by Crippen LogP contribution is -2.23. The summed E-state index contributed by atoms with van der Waals surface area (Å²) in [4.78, 5) is 0. The zero-order chi connectivity index (χ0) is 17.6. The first kappa shape index (κ1) is 16.2. The molecule has 2 aromatic heterocycles. The highest BCUT2D eigenvalue weighted by atomic mass is 16.5. The number of ether oxygens (including phenoxy) is 1. The fourth-order valence-electron chi connectivity index (χ4n) is 3.81. The number of rotatable bonds is 4. The van der Waals surface area contributed by atoms with E-state index >= 15 is 0 Å². The number of hydrogen-bond donors (Lipinski definition) is 0. The van der Waals surface area contributed by atoms with Crippen LogP contribution in [0.15, 0.2) is 30.6 Å². The van der Waals surface area contributed by atoms with E-state index in [4.69, 9.17) is 4.74 Å². The molecule has 3 heterocycles. The molecule has 25 heavy (non-hydrogen) atoms. The van der Waals surface area contributed by atoms with E-state index in [1.54, 1.807) is 0 Å². The van der Waals surface area contributed by atoms with Gasteiger partial charge in [-0.1, -0.05) is 32.9 Å². The average Bonchev–Trinajstić information content (AvgIpc) is 3.19. The largest absolute Gasteiger partial charge is 0.478 e. The van der Waals surface area contributed by atoms with Crippen LogP contribution >= 0.6 is 0 Å². The molecule has 1 aromatic carbocycles. The Balaban J connectivity index is 1.58. The van der Waals surface area contributed by atoms with Crippen LogP contribution in [0.5, 0.6) is 5.88 Å². The monoisotopic (exact) mass is 338 g/mol. The molecule has 2 unspecified atom stereocenters. The zero-order valence-electron chi connectivity index (χ0n) is 15.4. The van der Waals surface area contributed by atoms with E-state index in [0.717, 1.165) is 25.3 Å². The molecule has 0 saturated heterocycles. The van der Waals surface area contributed by atoms with E-state index in [-0.39, 0.29) is 0 Å². The molecule has 132 valence electrons. The van der Waals surface area contributed by atoms with Crippen molar-refractivity contribution < 1.29 is 4.74 Å². The van der Waals surface area contributed by atoms with Gasteiger partial charge in [-0.3, -0.25) is 4.68 Å². The standard InChI is InChI=1S/C20H26N4O/c1-13(2)18-12-22-24-17(7-8-25-20(18)24)9-14(3)15-5-6-16-11-21-23(4)19(16)10-15/h5-6,10-14,17H,7-9H2,1-4H3. The van der Waals surface area contributed by atoms with Crippen molar-refractivity contribution in [1.29, 1.82) is 0 Å². The van der Waals surface area contributed by atoms with E-state index < -0.39 is 0 Å². The second kappa shape index (κ2) is 6.21. The van der Waals surface area contributed by atoms with Crippen molar-refractivity contribution in [1.82, 2.24) is 19.6 Å². The highest BCUT2D eigenvalue weighted by Crippen LogP contribution is 2.37. The molecule has 0 radical (unpaired) electrons. The smallest absolute Gasteiger partial charge is 0.215 e. The summed E-state index contributed by atoms with van der Waals surface area (Å²) < 4.78 is 9.98. The molecule has 1 aliphatic rings. The first-order chi connectivity index (χ1) is 12.0. The number of aryl methyl sites for hydroxylation is 1. The molecule has 5 nitrogen and oxygen atoms in total. The summed E-state index contributed by atoms with van der Waals surface area (Å²) in [5.41, 5.74) is 3.77. The van der Waals surface area contributed by atoms with Crippen LogP contribution in [0, 0.1) is 0 Å². The maximum Gasteiger partial charge on any atom is 0.215 e. The Morgan fingerprint density at radius 2 is 2.04 bits per heavy atom. The van der Waals surface area contributed by atoms with Crippen molar-refractivity contribution in [3.05, 3.63) is 41.7 Å².